The first kappa shape index (κ1) is 10.3. The van der Waals surface area contributed by atoms with Crippen LogP contribution in [0.1, 0.15) is 33.1 Å². The molecule has 0 aliphatic carbocycles. The summed E-state index contributed by atoms with van der Waals surface area (Å²) < 4.78 is 0. The zero-order valence-corrected chi connectivity index (χ0v) is 7.78. The minimum absolute atomic E-state index is 0.109. The van der Waals surface area contributed by atoms with E-state index in [4.69, 9.17) is 5.11 Å². The van der Waals surface area contributed by atoms with Crippen LogP contribution in [0, 0.1) is 0 Å². The van der Waals surface area contributed by atoms with Crippen molar-refractivity contribution in [1.29, 1.82) is 0 Å². The maximum Gasteiger partial charge on any atom is 0.0512 e. The average molecular weight is 162 g/mol. The van der Waals surface area contributed by atoms with Crippen molar-refractivity contribution in [1.82, 2.24) is 0 Å². The van der Waals surface area contributed by atoms with E-state index in [-0.39, 0.29) is 6.10 Å². The second-order valence-corrected chi connectivity index (χ2v) is 3.83. The number of aliphatic hydroxyl groups excluding tert-OH is 1. The number of rotatable bonds is 6. The van der Waals surface area contributed by atoms with Crippen LogP contribution in [0.4, 0.5) is 0 Å². The molecule has 0 amide bonds. The molecule has 2 heteroatoms. The fourth-order valence-electron chi connectivity index (χ4n) is 0.727. The molecule has 0 radical (unpaired) electrons. The predicted molar refractivity (Wildman–Crippen MR) is 48.5 cm³/mol. The molecule has 0 aromatic heterocycles. The van der Waals surface area contributed by atoms with Crippen LogP contribution in [0.5, 0.6) is 0 Å². The maximum atomic E-state index is 8.90. The molecular formula is C8H18OS. The fraction of sp³-hybridized carbons (Fsp3) is 1.00. The van der Waals surface area contributed by atoms with Crippen LogP contribution in [0.15, 0.2) is 0 Å². The van der Waals surface area contributed by atoms with Gasteiger partial charge in [0.2, 0.25) is 0 Å². The first-order chi connectivity index (χ1) is 4.77. The third-order valence-electron chi connectivity index (χ3n) is 1.26. The van der Waals surface area contributed by atoms with E-state index in [1.54, 1.807) is 0 Å². The molecule has 0 aliphatic heterocycles. The third-order valence-corrected chi connectivity index (χ3v) is 2.53. The molecule has 1 unspecified atom stereocenters. The highest BCUT2D eigenvalue weighted by molar-refractivity contribution is 7.99. The molecule has 1 nitrogen and oxygen atoms in total. The van der Waals surface area contributed by atoms with Crippen LogP contribution in [-0.2, 0) is 0 Å². The van der Waals surface area contributed by atoms with Gasteiger partial charge in [-0.05, 0) is 37.7 Å². The van der Waals surface area contributed by atoms with E-state index in [2.05, 4.69) is 6.92 Å². The van der Waals surface area contributed by atoms with Crippen molar-refractivity contribution in [2.45, 2.75) is 39.2 Å². The van der Waals surface area contributed by atoms with Crippen molar-refractivity contribution >= 4 is 11.8 Å². The lowest BCUT2D eigenvalue weighted by molar-refractivity contribution is 0.184. The predicted octanol–water partition coefficient (Wildman–Crippen LogP) is 2.29. The monoisotopic (exact) mass is 162 g/mol. The summed E-state index contributed by atoms with van der Waals surface area (Å²) in [6.45, 7) is 4.05. The first-order valence-electron chi connectivity index (χ1n) is 4.03. The Kier molecular flexibility index (Phi) is 7.65. The van der Waals surface area contributed by atoms with E-state index in [1.165, 1.54) is 17.9 Å². The normalized spacial score (nSPS) is 13.5. The highest BCUT2D eigenvalue weighted by atomic mass is 32.2. The van der Waals surface area contributed by atoms with Gasteiger partial charge in [-0.2, -0.15) is 11.8 Å². The Labute approximate surface area is 68.2 Å². The Morgan fingerprint density at radius 1 is 1.40 bits per heavy atom. The first-order valence-corrected chi connectivity index (χ1v) is 5.18. The van der Waals surface area contributed by atoms with Gasteiger partial charge in [-0.15, -0.1) is 0 Å². The molecule has 0 aromatic rings. The lowest BCUT2D eigenvalue weighted by Crippen LogP contribution is -1.99. The number of thioether (sulfide) groups is 1. The highest BCUT2D eigenvalue weighted by Gasteiger charge is 1.94. The summed E-state index contributed by atoms with van der Waals surface area (Å²) in [5, 5.41) is 8.90. The molecule has 0 spiro atoms. The van der Waals surface area contributed by atoms with E-state index in [0.29, 0.717) is 0 Å². The molecule has 0 saturated heterocycles. The number of hydrogen-bond acceptors (Lipinski definition) is 2. The summed E-state index contributed by atoms with van der Waals surface area (Å²) in [6, 6.07) is 0. The second kappa shape index (κ2) is 7.42. The molecule has 0 bridgehead atoms. The molecule has 1 N–H and O–H groups in total. The maximum absolute atomic E-state index is 8.90. The van der Waals surface area contributed by atoms with Gasteiger partial charge in [0.25, 0.3) is 0 Å². The molecule has 0 aromatic carbocycles. The summed E-state index contributed by atoms with van der Waals surface area (Å²) in [7, 11) is 0. The van der Waals surface area contributed by atoms with Gasteiger partial charge >= 0.3 is 0 Å². The summed E-state index contributed by atoms with van der Waals surface area (Å²) in [6.07, 6.45) is 3.26. The van der Waals surface area contributed by atoms with Gasteiger partial charge in [0.05, 0.1) is 6.10 Å². The van der Waals surface area contributed by atoms with Crippen molar-refractivity contribution < 1.29 is 5.11 Å². The Hall–Kier alpha value is 0.310. The molecule has 1 atom stereocenters. The van der Waals surface area contributed by atoms with E-state index < -0.39 is 0 Å². The zero-order chi connectivity index (χ0) is 7.82. The second-order valence-electron chi connectivity index (χ2n) is 2.60. The van der Waals surface area contributed by atoms with Crippen LogP contribution in [0.3, 0.4) is 0 Å². The summed E-state index contributed by atoms with van der Waals surface area (Å²) in [4.78, 5) is 0. The standard InChI is InChI=1S/C8H18OS/c1-3-6-10-7-4-5-8(2)9/h8-9H,3-7H2,1-2H3. The molecule has 62 valence electrons. The number of hydrogen-bond donors (Lipinski definition) is 1. The van der Waals surface area contributed by atoms with E-state index in [0.717, 1.165) is 12.8 Å². The molecular weight excluding hydrogens is 144 g/mol. The van der Waals surface area contributed by atoms with Gasteiger partial charge in [-0.1, -0.05) is 6.92 Å². The Balaban J connectivity index is 2.77. The van der Waals surface area contributed by atoms with Gasteiger partial charge in [0, 0.05) is 0 Å². The van der Waals surface area contributed by atoms with Crippen molar-refractivity contribution in [3.63, 3.8) is 0 Å². The van der Waals surface area contributed by atoms with E-state index >= 15 is 0 Å². The van der Waals surface area contributed by atoms with Crippen molar-refractivity contribution in [3.8, 4) is 0 Å². The Morgan fingerprint density at radius 3 is 2.60 bits per heavy atom. The Bertz CT molecular complexity index is 64.3. The minimum Gasteiger partial charge on any atom is -0.393 e. The van der Waals surface area contributed by atoms with E-state index in [1.807, 2.05) is 18.7 Å². The zero-order valence-electron chi connectivity index (χ0n) is 6.97. The van der Waals surface area contributed by atoms with Crippen molar-refractivity contribution in [2.24, 2.45) is 0 Å². The van der Waals surface area contributed by atoms with Crippen LogP contribution >= 0.6 is 11.8 Å². The quantitative estimate of drug-likeness (QED) is 0.605. The van der Waals surface area contributed by atoms with Crippen molar-refractivity contribution in [2.75, 3.05) is 11.5 Å². The van der Waals surface area contributed by atoms with Gasteiger partial charge < -0.3 is 5.11 Å². The number of aliphatic hydroxyl groups is 1. The van der Waals surface area contributed by atoms with Crippen LogP contribution < -0.4 is 0 Å². The van der Waals surface area contributed by atoms with Gasteiger partial charge in [-0.3, -0.25) is 0 Å². The summed E-state index contributed by atoms with van der Waals surface area (Å²) in [5.41, 5.74) is 0. The van der Waals surface area contributed by atoms with Crippen molar-refractivity contribution in [3.05, 3.63) is 0 Å². The molecule has 0 heterocycles. The average Bonchev–Trinajstić information content (AvgIpc) is 1.87. The van der Waals surface area contributed by atoms with Gasteiger partial charge in [0.1, 0.15) is 0 Å². The summed E-state index contributed by atoms with van der Waals surface area (Å²) >= 11 is 1.98. The van der Waals surface area contributed by atoms with Crippen LogP contribution in [0.25, 0.3) is 0 Å². The van der Waals surface area contributed by atoms with Crippen LogP contribution in [-0.4, -0.2) is 22.7 Å². The summed E-state index contributed by atoms with van der Waals surface area (Å²) in [5.74, 6) is 2.47. The highest BCUT2D eigenvalue weighted by Crippen LogP contribution is 2.06. The lowest BCUT2D eigenvalue weighted by atomic mass is 10.2. The molecule has 10 heavy (non-hydrogen) atoms. The molecule has 0 fully saturated rings. The largest absolute Gasteiger partial charge is 0.393 e. The van der Waals surface area contributed by atoms with Gasteiger partial charge in [0.15, 0.2) is 0 Å². The smallest absolute Gasteiger partial charge is 0.0512 e. The van der Waals surface area contributed by atoms with Gasteiger partial charge in [-0.25, -0.2) is 0 Å². The molecule has 0 rings (SSSR count). The lowest BCUT2D eigenvalue weighted by Gasteiger charge is -2.02. The topological polar surface area (TPSA) is 20.2 Å². The SMILES string of the molecule is CCCSCCCC(C)O. The minimum atomic E-state index is -0.109. The van der Waals surface area contributed by atoms with E-state index in [9.17, 15) is 0 Å². The third kappa shape index (κ3) is 8.31. The Morgan fingerprint density at radius 2 is 2.10 bits per heavy atom. The fourth-order valence-corrected chi connectivity index (χ4v) is 1.59. The van der Waals surface area contributed by atoms with Crippen LogP contribution in [0.2, 0.25) is 0 Å². The molecule has 0 aliphatic rings. The molecule has 0 saturated carbocycles.